The largest absolute Gasteiger partial charge is 0.456 e. The number of nitrogens with zero attached hydrogens (tertiary/aromatic N) is 1. The van der Waals surface area contributed by atoms with Crippen LogP contribution in [0.3, 0.4) is 0 Å². The molecule has 1 atom stereocenters. The van der Waals surface area contributed by atoms with Crippen molar-refractivity contribution in [3.63, 3.8) is 0 Å². The maximum atomic E-state index is 12.8. The molecule has 0 aromatic heterocycles. The third-order valence-corrected chi connectivity index (χ3v) is 6.65. The number of esters is 1. The van der Waals surface area contributed by atoms with Gasteiger partial charge in [-0.25, -0.2) is 0 Å². The summed E-state index contributed by atoms with van der Waals surface area (Å²) in [5.74, 6) is -0.634. The number of hydrogen-bond acceptors (Lipinski definition) is 6. The molecule has 0 unspecified atom stereocenters. The minimum atomic E-state index is -4.02. The summed E-state index contributed by atoms with van der Waals surface area (Å²) in [6.07, 6.45) is 1.06. The maximum Gasteiger partial charge on any atom is 0.324 e. The second kappa shape index (κ2) is 12.3. The molecular weight excluding hydrogens is 454 g/mol. The molecule has 1 aliphatic heterocycles. The van der Waals surface area contributed by atoms with Crippen molar-refractivity contribution in [2.24, 2.45) is 0 Å². The first-order valence-electron chi connectivity index (χ1n) is 10.6. The molecular formula is C23H28ClNO6S. The Morgan fingerprint density at radius 3 is 1.97 bits per heavy atom. The van der Waals surface area contributed by atoms with Gasteiger partial charge in [-0.1, -0.05) is 60.7 Å². The highest BCUT2D eigenvalue weighted by atomic mass is 35.7. The van der Waals surface area contributed by atoms with E-state index in [4.69, 9.17) is 24.9 Å². The zero-order valence-corrected chi connectivity index (χ0v) is 19.3. The molecule has 2 aromatic carbocycles. The van der Waals surface area contributed by atoms with E-state index in [1.54, 1.807) is 0 Å². The molecule has 0 aliphatic carbocycles. The van der Waals surface area contributed by atoms with Crippen LogP contribution in [0.5, 0.6) is 0 Å². The molecule has 7 nitrogen and oxygen atoms in total. The van der Waals surface area contributed by atoms with Crippen LogP contribution in [0.1, 0.15) is 30.4 Å². The molecule has 0 spiro atoms. The third kappa shape index (κ3) is 7.86. The van der Waals surface area contributed by atoms with E-state index in [-0.39, 0.29) is 19.8 Å². The van der Waals surface area contributed by atoms with Crippen LogP contribution in [0, 0.1) is 0 Å². The Hall–Kier alpha value is -1.97. The molecule has 1 saturated heterocycles. The molecule has 2 aromatic rings. The quantitative estimate of drug-likeness (QED) is 0.360. The van der Waals surface area contributed by atoms with Gasteiger partial charge in [-0.05, 0) is 30.4 Å². The van der Waals surface area contributed by atoms with Crippen LogP contribution in [0.2, 0.25) is 0 Å². The highest BCUT2D eigenvalue weighted by Crippen LogP contribution is 2.24. The van der Waals surface area contributed by atoms with Gasteiger partial charge in [0, 0.05) is 17.2 Å². The number of carbonyl (C=O) groups excluding carboxylic acids is 1. The summed E-state index contributed by atoms with van der Waals surface area (Å²) < 4.78 is 41.9. The van der Waals surface area contributed by atoms with Crippen LogP contribution < -0.4 is 0 Å². The summed E-state index contributed by atoms with van der Waals surface area (Å²) >= 11 is 0. The highest BCUT2D eigenvalue weighted by Gasteiger charge is 2.37. The second-order valence-corrected chi connectivity index (χ2v) is 10.1. The Morgan fingerprint density at radius 2 is 1.47 bits per heavy atom. The fraction of sp³-hybridized carbons (Fsp3) is 0.435. The van der Waals surface area contributed by atoms with Crippen molar-refractivity contribution in [2.45, 2.75) is 44.6 Å². The topological polar surface area (TPSA) is 82.1 Å². The van der Waals surface area contributed by atoms with Gasteiger partial charge in [0.2, 0.25) is 0 Å². The Balaban J connectivity index is 1.59. The first-order chi connectivity index (χ1) is 15.4. The average molecular weight is 482 g/mol. The molecule has 9 heteroatoms. The molecule has 1 aliphatic rings. The van der Waals surface area contributed by atoms with Gasteiger partial charge in [-0.2, -0.15) is 12.7 Å². The van der Waals surface area contributed by atoms with Crippen molar-refractivity contribution in [3.05, 3.63) is 71.8 Å². The number of carbonyl (C=O) groups is 1. The summed E-state index contributed by atoms with van der Waals surface area (Å²) in [6, 6.07) is 18.4. The molecule has 0 amide bonds. The van der Waals surface area contributed by atoms with Gasteiger partial charge < -0.3 is 14.2 Å². The van der Waals surface area contributed by atoms with E-state index < -0.39 is 27.4 Å². The van der Waals surface area contributed by atoms with E-state index >= 15 is 0 Å². The van der Waals surface area contributed by atoms with Crippen molar-refractivity contribution in [1.82, 2.24) is 4.31 Å². The van der Waals surface area contributed by atoms with Crippen molar-refractivity contribution in [1.29, 1.82) is 0 Å². The summed E-state index contributed by atoms with van der Waals surface area (Å²) in [7, 11) is 1.51. The minimum Gasteiger partial charge on any atom is -0.456 e. The third-order valence-electron chi connectivity index (χ3n) is 5.12. The molecule has 0 bridgehead atoms. The Morgan fingerprint density at radius 1 is 0.938 bits per heavy atom. The van der Waals surface area contributed by atoms with Crippen molar-refractivity contribution in [3.8, 4) is 0 Å². The fourth-order valence-electron chi connectivity index (χ4n) is 3.53. The van der Waals surface area contributed by atoms with Crippen LogP contribution in [0.15, 0.2) is 60.7 Å². The van der Waals surface area contributed by atoms with Crippen LogP contribution in [0.4, 0.5) is 0 Å². The van der Waals surface area contributed by atoms with E-state index in [1.807, 2.05) is 60.7 Å². The van der Waals surface area contributed by atoms with Gasteiger partial charge in [-0.15, -0.1) is 0 Å². The molecule has 0 saturated carbocycles. The molecule has 1 fully saturated rings. The Kier molecular flexibility index (Phi) is 9.50. The van der Waals surface area contributed by atoms with Crippen molar-refractivity contribution >= 4 is 25.9 Å². The highest BCUT2D eigenvalue weighted by molar-refractivity contribution is 8.11. The Labute approximate surface area is 193 Å². The van der Waals surface area contributed by atoms with Gasteiger partial charge in [0.15, 0.2) is 0 Å². The lowest BCUT2D eigenvalue weighted by Gasteiger charge is -2.32. The van der Waals surface area contributed by atoms with Gasteiger partial charge in [0.1, 0.15) is 12.1 Å². The summed E-state index contributed by atoms with van der Waals surface area (Å²) in [6.45, 7) is 1.16. The lowest BCUT2D eigenvalue weighted by atomic mass is 10.1. The number of piperidine rings is 1. The van der Waals surface area contributed by atoms with Crippen LogP contribution >= 0.6 is 10.7 Å². The van der Waals surface area contributed by atoms with E-state index in [2.05, 4.69) is 0 Å². The van der Waals surface area contributed by atoms with Crippen molar-refractivity contribution in [2.75, 3.05) is 19.8 Å². The van der Waals surface area contributed by atoms with Gasteiger partial charge in [0.25, 0.3) is 0 Å². The Bertz CT molecular complexity index is 896. The molecule has 0 radical (unpaired) electrons. The summed E-state index contributed by atoms with van der Waals surface area (Å²) in [5.41, 5.74) is 1.99. The van der Waals surface area contributed by atoms with Crippen LogP contribution in [-0.4, -0.2) is 50.6 Å². The number of rotatable bonds is 11. The number of hydrogen-bond donors (Lipinski definition) is 0. The standard InChI is InChI=1S/C23H28ClNO6S/c24-32(27,28)25-14-8-7-13-22(25)23(26)31-21(17-29-15-19-9-3-1-4-10-19)18-30-16-20-11-5-2-6-12-20/h1-6,9-12,21-22H,7-8,13-18H2/t22-/m0/s1. The summed E-state index contributed by atoms with van der Waals surface area (Å²) in [5, 5.41) is 0. The van der Waals surface area contributed by atoms with Gasteiger partial charge in [-0.3, -0.25) is 4.79 Å². The maximum absolute atomic E-state index is 12.8. The van der Waals surface area contributed by atoms with Crippen LogP contribution in [-0.2, 0) is 41.5 Å². The molecule has 3 rings (SSSR count). The van der Waals surface area contributed by atoms with Gasteiger partial charge in [0.05, 0.1) is 26.4 Å². The van der Waals surface area contributed by atoms with E-state index in [1.165, 1.54) is 0 Å². The molecule has 1 heterocycles. The number of halogens is 1. The zero-order chi connectivity index (χ0) is 22.8. The SMILES string of the molecule is O=C(OC(COCc1ccccc1)COCc1ccccc1)[C@@H]1CCCCN1S(=O)(=O)Cl. The first kappa shape index (κ1) is 24.7. The predicted octanol–water partition coefficient (Wildman–Crippen LogP) is 3.67. The van der Waals surface area contributed by atoms with E-state index in [0.717, 1.165) is 21.9 Å². The number of ether oxygens (including phenoxy) is 3. The summed E-state index contributed by atoms with van der Waals surface area (Å²) in [4.78, 5) is 12.8. The lowest BCUT2D eigenvalue weighted by Crippen LogP contribution is -2.48. The smallest absolute Gasteiger partial charge is 0.324 e. The van der Waals surface area contributed by atoms with Crippen molar-refractivity contribution < 1.29 is 27.4 Å². The second-order valence-electron chi connectivity index (χ2n) is 7.62. The van der Waals surface area contributed by atoms with Crippen LogP contribution in [0.25, 0.3) is 0 Å². The molecule has 174 valence electrons. The monoisotopic (exact) mass is 481 g/mol. The average Bonchev–Trinajstić information content (AvgIpc) is 2.80. The first-order valence-corrected chi connectivity index (χ1v) is 12.9. The predicted molar refractivity (Wildman–Crippen MR) is 121 cm³/mol. The lowest BCUT2D eigenvalue weighted by molar-refractivity contribution is -0.162. The normalized spacial score (nSPS) is 17.4. The van der Waals surface area contributed by atoms with Gasteiger partial charge >= 0.3 is 15.2 Å². The number of benzene rings is 2. The molecule has 32 heavy (non-hydrogen) atoms. The van der Waals surface area contributed by atoms with E-state index in [9.17, 15) is 13.2 Å². The zero-order valence-electron chi connectivity index (χ0n) is 17.8. The van der Waals surface area contributed by atoms with E-state index in [0.29, 0.717) is 26.1 Å². The minimum absolute atomic E-state index is 0.121. The molecule has 0 N–H and O–H groups in total. The fourth-order valence-corrected chi connectivity index (χ4v) is 4.86.